The monoisotopic (exact) mass is 192 g/mol. The molecule has 7 heteroatoms. The first-order valence-corrected chi connectivity index (χ1v) is 4.66. The minimum absolute atomic E-state index is 0.194. The van der Waals surface area contributed by atoms with Crippen molar-refractivity contribution in [1.82, 2.24) is 5.16 Å². The van der Waals surface area contributed by atoms with Crippen LogP contribution in [0.5, 0.6) is 0 Å². The number of nitriles is 1. The van der Waals surface area contributed by atoms with Gasteiger partial charge in [-0.1, -0.05) is 5.16 Å². The van der Waals surface area contributed by atoms with Gasteiger partial charge in [0.2, 0.25) is 0 Å². The van der Waals surface area contributed by atoms with Gasteiger partial charge in [0.15, 0.2) is 0 Å². The topological polar surface area (TPSA) is 84.0 Å². The lowest BCUT2D eigenvalue weighted by atomic mass is 10.4. The Balaban J connectivity index is 3.39. The van der Waals surface area contributed by atoms with Crippen LogP contribution in [0.3, 0.4) is 0 Å². The smallest absolute Gasteiger partial charge is 0.298 e. The van der Waals surface area contributed by atoms with Crippen LogP contribution in [0, 0.1) is 11.3 Å². The summed E-state index contributed by atoms with van der Waals surface area (Å²) in [5.74, 6) is 0. The lowest BCUT2D eigenvalue weighted by Crippen LogP contribution is -1.89. The predicted octanol–water partition coefficient (Wildman–Crippen LogP) is 0.474. The molecule has 0 N–H and O–H groups in total. The van der Waals surface area contributed by atoms with E-state index < -0.39 is 14.1 Å². The first-order chi connectivity index (χ1) is 5.05. The highest BCUT2D eigenvalue weighted by Gasteiger charge is 2.20. The molecular formula is C4HClN2O3S. The van der Waals surface area contributed by atoms with Crippen LogP contribution in [0.4, 0.5) is 0 Å². The number of nitrogens with zero attached hydrogens (tertiary/aromatic N) is 2. The van der Waals surface area contributed by atoms with Crippen molar-refractivity contribution in [2.24, 2.45) is 0 Å². The maximum atomic E-state index is 10.6. The zero-order chi connectivity index (χ0) is 8.48. The summed E-state index contributed by atoms with van der Waals surface area (Å²) in [5.41, 5.74) is -0.194. The molecule has 1 rings (SSSR count). The molecule has 0 saturated heterocycles. The zero-order valence-electron chi connectivity index (χ0n) is 4.98. The Hall–Kier alpha value is -1.06. The van der Waals surface area contributed by atoms with Crippen LogP contribution < -0.4 is 0 Å². The molecule has 0 aliphatic heterocycles. The fourth-order valence-electron chi connectivity index (χ4n) is 0.479. The molecular weight excluding hydrogens is 192 g/mol. The molecule has 1 aromatic rings. The maximum absolute atomic E-state index is 10.6. The summed E-state index contributed by atoms with van der Waals surface area (Å²) in [5, 5.41) is 10.8. The quantitative estimate of drug-likeness (QED) is 0.604. The number of hydrogen-bond donors (Lipinski definition) is 0. The lowest BCUT2D eigenvalue weighted by molar-refractivity contribution is 0.340. The van der Waals surface area contributed by atoms with E-state index in [1.807, 2.05) is 0 Å². The van der Waals surface area contributed by atoms with Crippen LogP contribution in [0.2, 0.25) is 0 Å². The van der Waals surface area contributed by atoms with Crippen LogP contribution in [0.25, 0.3) is 0 Å². The van der Waals surface area contributed by atoms with E-state index in [0.717, 1.165) is 6.20 Å². The molecule has 0 atom stereocenters. The fourth-order valence-corrected chi connectivity index (χ4v) is 1.31. The van der Waals surface area contributed by atoms with E-state index in [1.54, 1.807) is 6.07 Å². The lowest BCUT2D eigenvalue weighted by Gasteiger charge is -1.84. The number of halogens is 1. The normalized spacial score (nSPS) is 10.9. The number of hydrogen-bond acceptors (Lipinski definition) is 5. The third kappa shape index (κ3) is 1.50. The summed E-state index contributed by atoms with van der Waals surface area (Å²) in [6.07, 6.45) is 0.981. The summed E-state index contributed by atoms with van der Waals surface area (Å²) in [4.78, 5) is 0. The second-order valence-corrected chi connectivity index (χ2v) is 4.04. The zero-order valence-corrected chi connectivity index (χ0v) is 6.56. The Kier molecular flexibility index (Phi) is 1.85. The highest BCUT2D eigenvalue weighted by Crippen LogP contribution is 2.17. The highest BCUT2D eigenvalue weighted by molar-refractivity contribution is 8.13. The molecule has 0 bridgehead atoms. The van der Waals surface area contributed by atoms with Crippen molar-refractivity contribution >= 4 is 19.7 Å². The Morgan fingerprint density at radius 3 is 2.73 bits per heavy atom. The van der Waals surface area contributed by atoms with Crippen molar-refractivity contribution < 1.29 is 12.9 Å². The van der Waals surface area contributed by atoms with Gasteiger partial charge in [0.25, 0.3) is 14.1 Å². The average molecular weight is 193 g/mol. The van der Waals surface area contributed by atoms with E-state index >= 15 is 0 Å². The largest absolute Gasteiger partial charge is 0.342 e. The Labute approximate surface area is 66.6 Å². The first kappa shape index (κ1) is 8.04. The molecule has 0 aromatic carbocycles. The van der Waals surface area contributed by atoms with E-state index in [4.69, 9.17) is 15.9 Å². The summed E-state index contributed by atoms with van der Waals surface area (Å²) in [6.45, 7) is 0. The molecule has 0 aliphatic rings. The van der Waals surface area contributed by atoms with E-state index in [-0.39, 0.29) is 5.56 Å². The maximum Gasteiger partial charge on any atom is 0.298 e. The second-order valence-electron chi connectivity index (χ2n) is 1.58. The summed E-state index contributed by atoms with van der Waals surface area (Å²) < 4.78 is 25.3. The van der Waals surface area contributed by atoms with Gasteiger partial charge in [0, 0.05) is 10.7 Å². The molecule has 0 saturated carbocycles. The molecule has 0 unspecified atom stereocenters. The second kappa shape index (κ2) is 2.53. The molecule has 58 valence electrons. The molecule has 1 aromatic heterocycles. The van der Waals surface area contributed by atoms with Crippen LogP contribution in [-0.2, 0) is 9.05 Å². The Morgan fingerprint density at radius 1 is 1.73 bits per heavy atom. The van der Waals surface area contributed by atoms with Gasteiger partial charge in [0.1, 0.15) is 11.6 Å². The molecule has 0 amide bonds. The van der Waals surface area contributed by atoms with Crippen LogP contribution in [0.15, 0.2) is 15.8 Å². The van der Waals surface area contributed by atoms with Gasteiger partial charge in [-0.3, -0.25) is 0 Å². The first-order valence-electron chi connectivity index (χ1n) is 2.35. The van der Waals surface area contributed by atoms with Crippen molar-refractivity contribution in [3.05, 3.63) is 11.8 Å². The summed E-state index contributed by atoms with van der Waals surface area (Å²) >= 11 is 0. The third-order valence-corrected chi connectivity index (χ3v) is 2.04. The third-order valence-electron chi connectivity index (χ3n) is 0.879. The molecule has 11 heavy (non-hydrogen) atoms. The van der Waals surface area contributed by atoms with E-state index in [9.17, 15) is 8.42 Å². The van der Waals surface area contributed by atoms with Crippen molar-refractivity contribution in [3.8, 4) is 6.07 Å². The predicted molar refractivity (Wildman–Crippen MR) is 34.3 cm³/mol. The molecule has 0 spiro atoms. The standard InChI is InChI=1S/C4HClN2O3S/c5-11(8,9)4-3(1-6)2-7-10-4/h2H. The van der Waals surface area contributed by atoms with E-state index in [1.165, 1.54) is 0 Å². The van der Waals surface area contributed by atoms with Gasteiger partial charge in [-0.2, -0.15) is 5.26 Å². The minimum Gasteiger partial charge on any atom is -0.342 e. The number of aromatic nitrogens is 1. The average Bonchev–Trinajstić information content (AvgIpc) is 2.31. The summed E-state index contributed by atoms with van der Waals surface area (Å²) in [6, 6.07) is 1.56. The molecule has 5 nitrogen and oxygen atoms in total. The highest BCUT2D eigenvalue weighted by atomic mass is 35.7. The van der Waals surface area contributed by atoms with Crippen molar-refractivity contribution in [2.75, 3.05) is 0 Å². The van der Waals surface area contributed by atoms with Crippen molar-refractivity contribution in [1.29, 1.82) is 5.26 Å². The van der Waals surface area contributed by atoms with Crippen LogP contribution in [-0.4, -0.2) is 13.6 Å². The SMILES string of the molecule is N#Cc1cnoc1S(=O)(=O)Cl. The van der Waals surface area contributed by atoms with Crippen LogP contribution >= 0.6 is 10.7 Å². The summed E-state index contributed by atoms with van der Waals surface area (Å²) in [7, 11) is 0.889. The Morgan fingerprint density at radius 2 is 2.36 bits per heavy atom. The Bertz CT molecular complexity index is 401. The minimum atomic E-state index is -3.98. The molecule has 1 heterocycles. The molecule has 0 radical (unpaired) electrons. The van der Waals surface area contributed by atoms with Gasteiger partial charge in [-0.25, -0.2) is 8.42 Å². The fraction of sp³-hybridized carbons (Fsp3) is 0. The van der Waals surface area contributed by atoms with Gasteiger partial charge >= 0.3 is 0 Å². The van der Waals surface area contributed by atoms with Gasteiger partial charge < -0.3 is 4.52 Å². The number of rotatable bonds is 1. The van der Waals surface area contributed by atoms with Gasteiger partial charge in [0.05, 0.1) is 6.20 Å². The van der Waals surface area contributed by atoms with E-state index in [0.29, 0.717) is 0 Å². The molecule has 0 fully saturated rings. The van der Waals surface area contributed by atoms with Crippen molar-refractivity contribution in [3.63, 3.8) is 0 Å². The van der Waals surface area contributed by atoms with E-state index in [2.05, 4.69) is 9.68 Å². The van der Waals surface area contributed by atoms with Crippen LogP contribution in [0.1, 0.15) is 5.56 Å². The molecule has 0 aliphatic carbocycles. The van der Waals surface area contributed by atoms with Gasteiger partial charge in [-0.05, 0) is 0 Å². The van der Waals surface area contributed by atoms with Crippen molar-refractivity contribution in [2.45, 2.75) is 5.09 Å². The van der Waals surface area contributed by atoms with Gasteiger partial charge in [-0.15, -0.1) is 0 Å².